The molecule has 2 heterocycles. The van der Waals surface area contributed by atoms with Crippen LogP contribution in [0.1, 0.15) is 11.3 Å². The number of fused-ring (bicyclic) bond motifs is 1. The lowest BCUT2D eigenvalue weighted by Gasteiger charge is -2.17. The molecule has 1 aromatic heterocycles. The monoisotopic (exact) mass is 235 g/mol. The molecular weight excluding hydrogens is 225 g/mol. The highest BCUT2D eigenvalue weighted by molar-refractivity contribution is 6.28. The van der Waals surface area contributed by atoms with Gasteiger partial charge in [-0.15, -0.1) is 12.4 Å². The molecule has 2 rings (SSSR count). The van der Waals surface area contributed by atoms with Gasteiger partial charge in [0.15, 0.2) is 0 Å². The maximum atomic E-state index is 5.74. The number of halogens is 2. The Labute approximate surface area is 93.4 Å². The first-order valence-corrected chi connectivity index (χ1v) is 4.49. The number of rotatable bonds is 1. The molecule has 0 aromatic carbocycles. The summed E-state index contributed by atoms with van der Waals surface area (Å²) in [7, 11) is 1.59. The molecular formula is C8H11Cl2N3O. The van der Waals surface area contributed by atoms with Gasteiger partial charge in [0.25, 0.3) is 0 Å². The smallest absolute Gasteiger partial charge is 0.225 e. The fourth-order valence-electron chi connectivity index (χ4n) is 1.45. The van der Waals surface area contributed by atoms with Crippen molar-refractivity contribution >= 4 is 24.0 Å². The lowest BCUT2D eigenvalue weighted by Crippen LogP contribution is -2.25. The molecule has 0 spiro atoms. The molecule has 0 aliphatic carbocycles. The van der Waals surface area contributed by atoms with Crippen molar-refractivity contribution < 1.29 is 4.74 Å². The van der Waals surface area contributed by atoms with Crippen LogP contribution in [0.15, 0.2) is 0 Å². The number of methoxy groups -OCH3 is 1. The average Bonchev–Trinajstić information content (AvgIpc) is 2.16. The minimum atomic E-state index is 0. The van der Waals surface area contributed by atoms with Crippen molar-refractivity contribution in [2.75, 3.05) is 13.7 Å². The van der Waals surface area contributed by atoms with Gasteiger partial charge in [0.1, 0.15) is 0 Å². The minimum Gasteiger partial charge on any atom is -0.481 e. The Morgan fingerprint density at radius 3 is 2.93 bits per heavy atom. The maximum Gasteiger partial charge on any atom is 0.225 e. The zero-order valence-corrected chi connectivity index (χ0v) is 9.28. The Bertz CT molecular complexity index is 315. The minimum absolute atomic E-state index is 0. The number of hydrogen-bond acceptors (Lipinski definition) is 4. The van der Waals surface area contributed by atoms with Gasteiger partial charge >= 0.3 is 0 Å². The Morgan fingerprint density at radius 1 is 1.43 bits per heavy atom. The highest BCUT2D eigenvalue weighted by atomic mass is 35.5. The van der Waals surface area contributed by atoms with Crippen molar-refractivity contribution in [1.82, 2.24) is 15.3 Å². The van der Waals surface area contributed by atoms with E-state index >= 15 is 0 Å². The van der Waals surface area contributed by atoms with E-state index in [9.17, 15) is 0 Å². The van der Waals surface area contributed by atoms with Crippen LogP contribution in [0, 0.1) is 0 Å². The van der Waals surface area contributed by atoms with Gasteiger partial charge in [0.05, 0.1) is 12.8 Å². The third-order valence-corrected chi connectivity index (χ3v) is 2.23. The summed E-state index contributed by atoms with van der Waals surface area (Å²) in [5, 5.41) is 3.49. The molecule has 4 nitrogen and oxygen atoms in total. The van der Waals surface area contributed by atoms with Crippen molar-refractivity contribution in [3.05, 3.63) is 16.5 Å². The van der Waals surface area contributed by atoms with Crippen LogP contribution in [-0.4, -0.2) is 23.6 Å². The van der Waals surface area contributed by atoms with E-state index in [1.165, 1.54) is 0 Å². The van der Waals surface area contributed by atoms with Crippen molar-refractivity contribution in [2.45, 2.75) is 13.0 Å². The van der Waals surface area contributed by atoms with Crippen LogP contribution in [0.25, 0.3) is 0 Å². The van der Waals surface area contributed by atoms with E-state index in [0.717, 1.165) is 30.8 Å². The van der Waals surface area contributed by atoms with E-state index in [0.29, 0.717) is 5.88 Å². The number of aromatic nitrogens is 2. The highest BCUT2D eigenvalue weighted by Gasteiger charge is 2.16. The van der Waals surface area contributed by atoms with E-state index in [1.54, 1.807) is 7.11 Å². The van der Waals surface area contributed by atoms with Crippen LogP contribution in [0.3, 0.4) is 0 Å². The molecule has 1 aliphatic heterocycles. The largest absolute Gasteiger partial charge is 0.481 e. The lowest BCUT2D eigenvalue weighted by atomic mass is 10.1. The summed E-state index contributed by atoms with van der Waals surface area (Å²) >= 11 is 5.74. The molecule has 6 heteroatoms. The lowest BCUT2D eigenvalue weighted by molar-refractivity contribution is 0.385. The van der Waals surface area contributed by atoms with Crippen LogP contribution >= 0.6 is 24.0 Å². The second kappa shape index (κ2) is 4.77. The van der Waals surface area contributed by atoms with Gasteiger partial charge in [0, 0.05) is 25.1 Å². The first-order valence-electron chi connectivity index (χ1n) is 4.11. The molecule has 0 radical (unpaired) electrons. The summed E-state index contributed by atoms with van der Waals surface area (Å²) in [5.41, 5.74) is 2.02. The predicted octanol–water partition coefficient (Wildman–Crippen LogP) is 1.21. The van der Waals surface area contributed by atoms with Crippen LogP contribution in [0.4, 0.5) is 0 Å². The summed E-state index contributed by atoms with van der Waals surface area (Å²) in [6.07, 6.45) is 0.883. The summed E-state index contributed by atoms with van der Waals surface area (Å²) < 4.78 is 5.12. The highest BCUT2D eigenvalue weighted by Crippen LogP contribution is 2.22. The molecule has 1 aromatic rings. The molecule has 1 aliphatic rings. The first-order chi connectivity index (χ1) is 6.31. The standard InChI is InChI=1S/C8H10ClN3O.ClH/c1-13-7-5-4-10-3-2-6(5)11-8(9)12-7;/h10H,2-4H2,1H3;1H. The van der Waals surface area contributed by atoms with E-state index in [2.05, 4.69) is 15.3 Å². The van der Waals surface area contributed by atoms with Gasteiger partial charge in [-0.05, 0) is 11.6 Å². The van der Waals surface area contributed by atoms with Gasteiger partial charge in [-0.2, -0.15) is 4.98 Å². The third-order valence-electron chi connectivity index (χ3n) is 2.06. The summed E-state index contributed by atoms with van der Waals surface area (Å²) in [6.45, 7) is 1.69. The Hall–Kier alpha value is -0.580. The van der Waals surface area contributed by atoms with Crippen LogP contribution in [0.5, 0.6) is 5.88 Å². The first kappa shape index (κ1) is 11.5. The Kier molecular flexibility index (Phi) is 3.92. The fourth-order valence-corrected chi connectivity index (χ4v) is 1.63. The van der Waals surface area contributed by atoms with Crippen LogP contribution in [-0.2, 0) is 13.0 Å². The van der Waals surface area contributed by atoms with Crippen LogP contribution in [0.2, 0.25) is 5.28 Å². The molecule has 0 unspecified atom stereocenters. The molecule has 0 atom stereocenters. The maximum absolute atomic E-state index is 5.74. The van der Waals surface area contributed by atoms with Gasteiger partial charge in [-0.3, -0.25) is 0 Å². The molecule has 0 bridgehead atoms. The fraction of sp³-hybridized carbons (Fsp3) is 0.500. The van der Waals surface area contributed by atoms with Gasteiger partial charge in [-0.25, -0.2) is 4.98 Å². The van der Waals surface area contributed by atoms with Crippen molar-refractivity contribution in [3.63, 3.8) is 0 Å². The normalized spacial score (nSPS) is 14.1. The predicted molar refractivity (Wildman–Crippen MR) is 56.3 cm³/mol. The Morgan fingerprint density at radius 2 is 2.21 bits per heavy atom. The molecule has 0 fully saturated rings. The van der Waals surface area contributed by atoms with Gasteiger partial charge < -0.3 is 10.1 Å². The van der Waals surface area contributed by atoms with Crippen molar-refractivity contribution in [2.24, 2.45) is 0 Å². The molecule has 78 valence electrons. The zero-order valence-electron chi connectivity index (χ0n) is 7.71. The summed E-state index contributed by atoms with van der Waals surface area (Å²) in [6, 6.07) is 0. The number of ether oxygens (including phenoxy) is 1. The van der Waals surface area contributed by atoms with Gasteiger partial charge in [0.2, 0.25) is 11.2 Å². The molecule has 14 heavy (non-hydrogen) atoms. The third kappa shape index (κ3) is 2.08. The molecule has 0 amide bonds. The van der Waals surface area contributed by atoms with Gasteiger partial charge in [-0.1, -0.05) is 0 Å². The number of nitrogens with one attached hydrogen (secondary N) is 1. The summed E-state index contributed by atoms with van der Waals surface area (Å²) in [4.78, 5) is 8.15. The average molecular weight is 236 g/mol. The summed E-state index contributed by atoms with van der Waals surface area (Å²) in [5.74, 6) is 0.585. The Balaban J connectivity index is 0.000000980. The van der Waals surface area contributed by atoms with E-state index in [1.807, 2.05) is 0 Å². The zero-order chi connectivity index (χ0) is 9.26. The van der Waals surface area contributed by atoms with E-state index < -0.39 is 0 Å². The van der Waals surface area contributed by atoms with Crippen molar-refractivity contribution in [3.8, 4) is 5.88 Å². The number of nitrogens with zero attached hydrogens (tertiary/aromatic N) is 2. The number of hydrogen-bond donors (Lipinski definition) is 1. The van der Waals surface area contributed by atoms with E-state index in [-0.39, 0.29) is 17.7 Å². The van der Waals surface area contributed by atoms with Crippen molar-refractivity contribution in [1.29, 1.82) is 0 Å². The SMILES string of the molecule is COc1nc(Cl)nc2c1CNCC2.Cl. The van der Waals surface area contributed by atoms with E-state index in [4.69, 9.17) is 16.3 Å². The topological polar surface area (TPSA) is 47.0 Å². The molecule has 0 saturated heterocycles. The second-order valence-corrected chi connectivity index (χ2v) is 3.19. The molecule has 0 saturated carbocycles. The molecule has 1 N–H and O–H groups in total. The van der Waals surface area contributed by atoms with Crippen LogP contribution < -0.4 is 10.1 Å². The quantitative estimate of drug-likeness (QED) is 0.744. The second-order valence-electron chi connectivity index (χ2n) is 2.85.